The van der Waals surface area contributed by atoms with Crippen molar-refractivity contribution < 1.29 is 23.9 Å². The van der Waals surface area contributed by atoms with Crippen molar-refractivity contribution in [2.75, 3.05) is 58.4 Å². The summed E-state index contributed by atoms with van der Waals surface area (Å²) in [5.41, 5.74) is 10.6. The minimum absolute atomic E-state index is 0.159. The van der Waals surface area contributed by atoms with E-state index < -0.39 is 29.4 Å². The Morgan fingerprint density at radius 1 is 1.15 bits per heavy atom. The summed E-state index contributed by atoms with van der Waals surface area (Å²) in [4.78, 5) is 56.4. The molecule has 1 aromatic carbocycles. The molecule has 2 N–H and O–H groups in total. The molecule has 1 saturated carbocycles. The average molecular weight is 836 g/mol. The van der Waals surface area contributed by atoms with Gasteiger partial charge in [-0.3, -0.25) is 24.4 Å². The Balaban J connectivity index is 1.25. The number of nitrogens with one attached hydrogen (secondary N) is 2. The summed E-state index contributed by atoms with van der Waals surface area (Å²) in [6.45, 7) is 13.5. The molecule has 2 amide bonds. The van der Waals surface area contributed by atoms with Gasteiger partial charge in [0.1, 0.15) is 12.1 Å². The average Bonchev–Trinajstić information content (AvgIpc) is 3.83. The molecule has 2 saturated heterocycles. The van der Waals surface area contributed by atoms with E-state index in [0.29, 0.717) is 50.2 Å². The summed E-state index contributed by atoms with van der Waals surface area (Å²) >= 11 is 1.45. The number of carbonyl (C=O) groups is 3. The third-order valence-electron chi connectivity index (χ3n) is 12.9. The molecule has 60 heavy (non-hydrogen) atoms. The number of hydrogen-bond acceptors (Lipinski definition) is 12. The van der Waals surface area contributed by atoms with E-state index in [-0.39, 0.29) is 36.9 Å². The van der Waals surface area contributed by atoms with Gasteiger partial charge in [0.05, 0.1) is 64.6 Å². The number of fused-ring (bicyclic) bond motifs is 6. The number of anilines is 1. The first-order valence-corrected chi connectivity index (χ1v) is 22.3. The summed E-state index contributed by atoms with van der Waals surface area (Å²) in [5.74, 6) is -1.89. The quantitative estimate of drug-likeness (QED) is 0.227. The topological polar surface area (TPSA) is 158 Å². The van der Waals surface area contributed by atoms with E-state index in [0.717, 1.165) is 76.5 Å². The highest BCUT2D eigenvalue weighted by atomic mass is 32.1. The van der Waals surface area contributed by atoms with Crippen molar-refractivity contribution in [2.24, 2.45) is 17.3 Å². The standard InChI is InChI=1S/C45H57N9O5S/c1-7-53-38-13-11-28-19-32(38)34(41(53)33-20-30(24-47-40(33)27(2)58-6)52-17-15-51(5)16-18-52)22-45(3,4)26-59-44(57)35-9-8-14-54(50-35)43(56)36(21-39-48-37(28)25-60-39)49-42(55)31-12-10-29(31)23-46/h11,13,19-20,24-25,27,29,31,35-36,50H,7-10,12,14-18,21-22,26H2,1-6H3,(H,49,55)/t27-,29+,31-,35-,36-/m0/s1. The maximum Gasteiger partial charge on any atom is 0.324 e. The molecular weight excluding hydrogens is 779 g/mol. The van der Waals surface area contributed by atoms with Gasteiger partial charge in [0.15, 0.2) is 0 Å². The van der Waals surface area contributed by atoms with Gasteiger partial charge in [-0.2, -0.15) is 5.26 Å². The number of nitrogens with zero attached hydrogens (tertiary/aromatic N) is 7. The number of rotatable bonds is 7. The third-order valence-corrected chi connectivity index (χ3v) is 13.7. The first-order valence-electron chi connectivity index (χ1n) is 21.4. The lowest BCUT2D eigenvalue weighted by Gasteiger charge is -2.36. The van der Waals surface area contributed by atoms with Crippen LogP contribution < -0.4 is 15.6 Å². The summed E-state index contributed by atoms with van der Waals surface area (Å²) in [5, 5.41) is 17.8. The molecule has 6 bridgehead atoms. The number of thiazole rings is 1. The van der Waals surface area contributed by atoms with Crippen LogP contribution in [0.4, 0.5) is 5.69 Å². The van der Waals surface area contributed by atoms with Crippen molar-refractivity contribution in [3.8, 4) is 28.6 Å². The zero-order chi connectivity index (χ0) is 42.3. The fourth-order valence-electron chi connectivity index (χ4n) is 9.08. The van der Waals surface area contributed by atoms with Crippen molar-refractivity contribution in [1.82, 2.24) is 35.2 Å². The van der Waals surface area contributed by atoms with Crippen LogP contribution in [-0.2, 0) is 43.2 Å². The monoisotopic (exact) mass is 835 g/mol. The number of pyridine rings is 1. The Labute approximate surface area is 356 Å². The van der Waals surface area contributed by atoms with Crippen LogP contribution >= 0.6 is 11.3 Å². The highest BCUT2D eigenvalue weighted by Gasteiger charge is 2.40. The van der Waals surface area contributed by atoms with Gasteiger partial charge in [0.2, 0.25) is 5.91 Å². The van der Waals surface area contributed by atoms with E-state index >= 15 is 0 Å². The van der Waals surface area contributed by atoms with E-state index in [1.54, 1.807) is 7.11 Å². The van der Waals surface area contributed by atoms with Gasteiger partial charge in [-0.25, -0.2) is 10.4 Å². The van der Waals surface area contributed by atoms with Crippen LogP contribution in [0.3, 0.4) is 0 Å². The van der Waals surface area contributed by atoms with Crippen LogP contribution in [0.5, 0.6) is 0 Å². The molecule has 0 spiro atoms. The van der Waals surface area contributed by atoms with E-state index in [1.165, 1.54) is 16.3 Å². The van der Waals surface area contributed by atoms with Gasteiger partial charge in [0.25, 0.3) is 5.91 Å². The molecule has 0 radical (unpaired) electrons. The Kier molecular flexibility index (Phi) is 12.0. The largest absolute Gasteiger partial charge is 0.464 e. The molecule has 8 rings (SSSR count). The molecule has 3 aliphatic heterocycles. The molecule has 14 nitrogen and oxygen atoms in total. The van der Waals surface area contributed by atoms with Crippen molar-refractivity contribution in [3.63, 3.8) is 0 Å². The van der Waals surface area contributed by atoms with Crippen molar-refractivity contribution in [2.45, 2.75) is 91.0 Å². The van der Waals surface area contributed by atoms with Crippen molar-refractivity contribution in [1.29, 1.82) is 5.26 Å². The minimum atomic E-state index is -0.939. The maximum absolute atomic E-state index is 14.2. The number of benzene rings is 1. The molecule has 0 unspecified atom stereocenters. The highest BCUT2D eigenvalue weighted by molar-refractivity contribution is 7.10. The molecule has 3 fully saturated rings. The molecule has 318 valence electrons. The van der Waals surface area contributed by atoms with E-state index in [2.05, 4.69) is 83.3 Å². The SMILES string of the molecule is CCn1c(-c2cc(N3CCN(C)CC3)cnc2[C@H](C)OC)c2c3cc(ccc31)-c1csc(n1)C[C@H](NC(=O)[C@H]1CC[C@@H]1C#N)C(=O)N1CCC[C@H](N1)C(=O)OCC(C)(C)C2. The Hall–Kier alpha value is -4.88. The molecule has 6 heterocycles. The van der Waals surface area contributed by atoms with Crippen LogP contribution in [0.25, 0.3) is 33.4 Å². The number of hydrazine groups is 1. The van der Waals surface area contributed by atoms with Crippen molar-refractivity contribution in [3.05, 3.63) is 52.1 Å². The normalized spacial score (nSPS) is 24.3. The van der Waals surface area contributed by atoms with Gasteiger partial charge in [-0.05, 0) is 76.8 Å². The van der Waals surface area contributed by atoms with Crippen LogP contribution in [0.15, 0.2) is 35.8 Å². The predicted molar refractivity (Wildman–Crippen MR) is 231 cm³/mol. The number of aryl methyl sites for hydroxylation is 1. The second kappa shape index (κ2) is 17.2. The first-order chi connectivity index (χ1) is 28.9. The zero-order valence-corrected chi connectivity index (χ0v) is 36.4. The zero-order valence-electron chi connectivity index (χ0n) is 35.6. The number of likely N-dealkylation sites (N-methyl/N-ethyl adjacent to an activating group) is 1. The number of aromatic nitrogens is 3. The van der Waals surface area contributed by atoms with Crippen molar-refractivity contribution >= 4 is 45.7 Å². The lowest BCUT2D eigenvalue weighted by Crippen LogP contribution is -2.61. The lowest BCUT2D eigenvalue weighted by atomic mass is 9.74. The second-order valence-electron chi connectivity index (χ2n) is 17.7. The van der Waals surface area contributed by atoms with Gasteiger partial charge in [-0.15, -0.1) is 11.3 Å². The Bertz CT molecular complexity index is 2310. The van der Waals surface area contributed by atoms with E-state index in [4.69, 9.17) is 19.4 Å². The number of ether oxygens (including phenoxy) is 2. The van der Waals surface area contributed by atoms with E-state index in [1.807, 2.05) is 18.5 Å². The molecular formula is C45H57N9O5S. The molecule has 4 aromatic rings. The molecule has 15 heteroatoms. The van der Waals surface area contributed by atoms with E-state index in [9.17, 15) is 19.6 Å². The summed E-state index contributed by atoms with van der Waals surface area (Å²) in [6.07, 6.45) is 4.86. The number of methoxy groups -OCH3 is 1. The summed E-state index contributed by atoms with van der Waals surface area (Å²) in [7, 11) is 3.88. The maximum atomic E-state index is 14.2. The Morgan fingerprint density at radius 3 is 2.67 bits per heavy atom. The number of piperazine rings is 1. The van der Waals surface area contributed by atoms with Crippen LogP contribution in [0.2, 0.25) is 0 Å². The van der Waals surface area contributed by atoms with Crippen LogP contribution in [0, 0.1) is 28.6 Å². The first kappa shape index (κ1) is 41.8. The van der Waals surface area contributed by atoms with Gasteiger partial charge < -0.3 is 29.2 Å². The fourth-order valence-corrected chi connectivity index (χ4v) is 9.94. The summed E-state index contributed by atoms with van der Waals surface area (Å²) < 4.78 is 14.5. The second-order valence-corrected chi connectivity index (χ2v) is 18.6. The third kappa shape index (κ3) is 8.27. The number of carbonyl (C=O) groups excluding carboxylic acids is 3. The number of nitriles is 1. The number of amides is 2. The molecule has 5 atom stereocenters. The predicted octanol–water partition coefficient (Wildman–Crippen LogP) is 5.50. The number of esters is 1. The molecule has 1 aliphatic carbocycles. The van der Waals surface area contributed by atoms with Crippen LogP contribution in [0.1, 0.15) is 75.7 Å². The Morgan fingerprint density at radius 2 is 1.95 bits per heavy atom. The minimum Gasteiger partial charge on any atom is -0.464 e. The van der Waals surface area contributed by atoms with Gasteiger partial charge in [0, 0.05) is 85.6 Å². The lowest BCUT2D eigenvalue weighted by molar-refractivity contribution is -0.155. The molecule has 3 aromatic heterocycles. The highest BCUT2D eigenvalue weighted by Crippen LogP contribution is 2.43. The van der Waals surface area contributed by atoms with Gasteiger partial charge >= 0.3 is 5.97 Å². The van der Waals surface area contributed by atoms with Crippen LogP contribution in [-0.4, -0.2) is 108 Å². The number of cyclic esters (lactones) is 1. The smallest absolute Gasteiger partial charge is 0.324 e. The molecule has 4 aliphatic rings. The fraction of sp³-hybridized carbons (Fsp3) is 0.556. The van der Waals surface area contributed by atoms with Gasteiger partial charge in [-0.1, -0.05) is 19.9 Å². The number of hydrogen-bond donors (Lipinski definition) is 2. The summed E-state index contributed by atoms with van der Waals surface area (Å²) in [6, 6.07) is 9.33.